The highest BCUT2D eigenvalue weighted by Crippen LogP contribution is 2.27. The van der Waals surface area contributed by atoms with Crippen molar-refractivity contribution in [3.8, 4) is 0 Å². The van der Waals surface area contributed by atoms with Gasteiger partial charge in [0.25, 0.3) is 5.91 Å². The third-order valence-electron chi connectivity index (χ3n) is 5.85. The highest BCUT2D eigenvalue weighted by atomic mass is 32.1. The minimum atomic E-state index is -0.0498. The summed E-state index contributed by atoms with van der Waals surface area (Å²) in [4.78, 5) is 22.0. The minimum Gasteiger partial charge on any atom is -0.369 e. The molecule has 0 radical (unpaired) electrons. The number of amides is 1. The van der Waals surface area contributed by atoms with Crippen LogP contribution in [0.4, 0.5) is 5.13 Å². The number of fused-ring (bicyclic) bond motifs is 1. The van der Waals surface area contributed by atoms with Crippen molar-refractivity contribution in [1.82, 2.24) is 25.1 Å². The Morgan fingerprint density at radius 3 is 3.04 bits per heavy atom. The van der Waals surface area contributed by atoms with Gasteiger partial charge < -0.3 is 20.1 Å². The standard InChI is InChI=1S/C20H26N6OS/c27-19(16-14-28-20(23-16)25-8-2-1-3-9-25)22-15-6-11-26(13-15)18-17-5-4-10-24(17)12-7-21-18/h4-5,7,10,12,14-15,18,21H,1-3,6,8-9,11,13H2,(H,22,27). The van der Waals surface area contributed by atoms with Crippen molar-refractivity contribution >= 4 is 28.6 Å². The number of nitrogens with one attached hydrogen (secondary N) is 2. The van der Waals surface area contributed by atoms with Crippen molar-refractivity contribution in [3.05, 3.63) is 41.3 Å². The molecule has 7 nitrogen and oxygen atoms in total. The predicted octanol–water partition coefficient (Wildman–Crippen LogP) is 2.47. The van der Waals surface area contributed by atoms with E-state index >= 15 is 0 Å². The molecule has 0 spiro atoms. The molecule has 2 aromatic heterocycles. The van der Waals surface area contributed by atoms with Crippen LogP contribution in [0.3, 0.4) is 0 Å². The number of rotatable bonds is 4. The van der Waals surface area contributed by atoms with E-state index in [0.717, 1.165) is 37.7 Å². The molecular weight excluding hydrogens is 372 g/mol. The Morgan fingerprint density at radius 1 is 1.25 bits per heavy atom. The molecule has 2 saturated heterocycles. The number of nitrogens with zero attached hydrogens (tertiary/aromatic N) is 4. The van der Waals surface area contributed by atoms with Gasteiger partial charge >= 0.3 is 0 Å². The van der Waals surface area contributed by atoms with Crippen molar-refractivity contribution in [1.29, 1.82) is 0 Å². The Balaban J connectivity index is 1.19. The van der Waals surface area contributed by atoms with Gasteiger partial charge in [-0.3, -0.25) is 9.69 Å². The van der Waals surface area contributed by atoms with Gasteiger partial charge in [0.15, 0.2) is 5.13 Å². The van der Waals surface area contributed by atoms with Gasteiger partial charge in [-0.2, -0.15) is 0 Å². The normalized spacial score (nSPS) is 24.8. The third kappa shape index (κ3) is 3.42. The van der Waals surface area contributed by atoms with Crippen LogP contribution in [0.1, 0.15) is 48.0 Å². The van der Waals surface area contributed by atoms with Crippen molar-refractivity contribution in [3.63, 3.8) is 0 Å². The van der Waals surface area contributed by atoms with Crippen molar-refractivity contribution in [2.45, 2.75) is 37.9 Å². The number of carbonyl (C=O) groups is 1. The quantitative estimate of drug-likeness (QED) is 0.828. The van der Waals surface area contributed by atoms with E-state index in [9.17, 15) is 4.79 Å². The number of thiazole rings is 1. The monoisotopic (exact) mass is 398 g/mol. The molecule has 5 rings (SSSR count). The second-order valence-corrected chi connectivity index (χ2v) is 8.58. The summed E-state index contributed by atoms with van der Waals surface area (Å²) in [5, 5.41) is 9.51. The van der Waals surface area contributed by atoms with E-state index in [1.165, 1.54) is 25.0 Å². The van der Waals surface area contributed by atoms with E-state index in [4.69, 9.17) is 0 Å². The zero-order valence-corrected chi connectivity index (χ0v) is 16.7. The van der Waals surface area contributed by atoms with Crippen LogP contribution in [-0.2, 0) is 0 Å². The van der Waals surface area contributed by atoms with Crippen molar-refractivity contribution in [2.75, 3.05) is 31.1 Å². The first-order chi connectivity index (χ1) is 13.8. The Kier molecular flexibility index (Phi) is 4.82. The number of carbonyl (C=O) groups excluding carboxylic acids is 1. The minimum absolute atomic E-state index is 0.0498. The number of piperidine rings is 1. The number of hydrogen-bond acceptors (Lipinski definition) is 6. The zero-order chi connectivity index (χ0) is 18.9. The lowest BCUT2D eigenvalue weighted by Crippen LogP contribution is -2.41. The molecule has 3 aliphatic rings. The molecule has 0 saturated carbocycles. The van der Waals surface area contributed by atoms with E-state index in [1.54, 1.807) is 11.3 Å². The Labute approximate surface area is 169 Å². The van der Waals surface area contributed by atoms with Crippen LogP contribution in [0.2, 0.25) is 0 Å². The number of likely N-dealkylation sites (tertiary alicyclic amines) is 1. The Morgan fingerprint density at radius 2 is 2.14 bits per heavy atom. The van der Waals surface area contributed by atoms with Gasteiger partial charge in [-0.1, -0.05) is 0 Å². The molecule has 0 aliphatic carbocycles. The molecule has 2 atom stereocenters. The average molecular weight is 399 g/mol. The lowest BCUT2D eigenvalue weighted by molar-refractivity contribution is 0.0931. The van der Waals surface area contributed by atoms with Gasteiger partial charge in [-0.15, -0.1) is 11.3 Å². The fraction of sp³-hybridized carbons (Fsp3) is 0.500. The molecule has 3 aliphatic heterocycles. The molecular formula is C20H26N6OS. The first kappa shape index (κ1) is 17.8. The van der Waals surface area contributed by atoms with E-state index in [0.29, 0.717) is 5.69 Å². The molecule has 2 aromatic rings. The molecule has 0 bridgehead atoms. The number of hydrogen-bond donors (Lipinski definition) is 2. The molecule has 8 heteroatoms. The fourth-order valence-corrected chi connectivity index (χ4v) is 5.22. The van der Waals surface area contributed by atoms with E-state index in [1.807, 2.05) is 17.8 Å². The first-order valence-corrected chi connectivity index (χ1v) is 11.0. The third-order valence-corrected chi connectivity index (χ3v) is 6.75. The van der Waals surface area contributed by atoms with Crippen molar-refractivity contribution < 1.29 is 4.79 Å². The summed E-state index contributed by atoms with van der Waals surface area (Å²) >= 11 is 1.58. The number of aromatic nitrogens is 2. The first-order valence-electron chi connectivity index (χ1n) is 10.1. The van der Waals surface area contributed by atoms with Crippen LogP contribution in [0.15, 0.2) is 29.9 Å². The summed E-state index contributed by atoms with van der Waals surface area (Å²) < 4.78 is 2.14. The SMILES string of the molecule is O=C(NC1CCN(C2NC=Cn3cccc32)C1)c1csc(N2CCCCC2)n1. The van der Waals surface area contributed by atoms with Gasteiger partial charge in [0.1, 0.15) is 11.9 Å². The topological polar surface area (TPSA) is 65.4 Å². The summed E-state index contributed by atoms with van der Waals surface area (Å²) in [6, 6.07) is 4.37. The molecule has 28 heavy (non-hydrogen) atoms. The molecule has 5 heterocycles. The second-order valence-electron chi connectivity index (χ2n) is 7.74. The van der Waals surface area contributed by atoms with Crippen molar-refractivity contribution in [2.24, 2.45) is 0 Å². The summed E-state index contributed by atoms with van der Waals surface area (Å²) in [5.41, 5.74) is 1.79. The molecule has 2 fully saturated rings. The zero-order valence-electron chi connectivity index (χ0n) is 15.9. The molecule has 1 amide bonds. The Bertz CT molecular complexity index is 868. The summed E-state index contributed by atoms with van der Waals surface area (Å²) in [6.07, 6.45) is 10.9. The van der Waals surface area contributed by atoms with Crippen LogP contribution >= 0.6 is 11.3 Å². The van der Waals surface area contributed by atoms with E-state index in [-0.39, 0.29) is 18.1 Å². The summed E-state index contributed by atoms with van der Waals surface area (Å²) in [7, 11) is 0. The van der Waals surface area contributed by atoms with Crippen LogP contribution in [0, 0.1) is 0 Å². The van der Waals surface area contributed by atoms with Crippen LogP contribution in [0.25, 0.3) is 6.20 Å². The smallest absolute Gasteiger partial charge is 0.271 e. The number of anilines is 1. The summed E-state index contributed by atoms with van der Waals surface area (Å²) in [6.45, 7) is 3.90. The Hall–Kier alpha value is -2.32. The lowest BCUT2D eigenvalue weighted by Gasteiger charge is -2.31. The fourth-order valence-electron chi connectivity index (χ4n) is 4.36. The van der Waals surface area contributed by atoms with Gasteiger partial charge in [-0.25, -0.2) is 4.98 Å². The van der Waals surface area contributed by atoms with Crippen LogP contribution in [0.5, 0.6) is 0 Å². The maximum Gasteiger partial charge on any atom is 0.271 e. The largest absolute Gasteiger partial charge is 0.369 e. The van der Waals surface area contributed by atoms with E-state index < -0.39 is 0 Å². The average Bonchev–Trinajstić information content (AvgIpc) is 3.48. The molecule has 2 unspecified atom stereocenters. The maximum atomic E-state index is 12.7. The predicted molar refractivity (Wildman–Crippen MR) is 111 cm³/mol. The van der Waals surface area contributed by atoms with Gasteiger partial charge in [0.05, 0.1) is 5.69 Å². The molecule has 2 N–H and O–H groups in total. The van der Waals surface area contributed by atoms with Crippen LogP contribution < -0.4 is 15.5 Å². The highest BCUT2D eigenvalue weighted by Gasteiger charge is 2.32. The van der Waals surface area contributed by atoms with Gasteiger partial charge in [0.2, 0.25) is 0 Å². The van der Waals surface area contributed by atoms with Gasteiger partial charge in [-0.05, 0) is 37.8 Å². The lowest BCUT2D eigenvalue weighted by atomic mass is 10.1. The maximum absolute atomic E-state index is 12.7. The molecule has 148 valence electrons. The van der Waals surface area contributed by atoms with Crippen LogP contribution in [-0.4, -0.2) is 52.6 Å². The van der Waals surface area contributed by atoms with Gasteiger partial charge in [0, 0.05) is 56.2 Å². The second kappa shape index (κ2) is 7.60. The molecule has 0 aromatic carbocycles. The van der Waals surface area contributed by atoms with E-state index in [2.05, 4.69) is 48.3 Å². The summed E-state index contributed by atoms with van der Waals surface area (Å²) in [5.74, 6) is -0.0498. The highest BCUT2D eigenvalue weighted by molar-refractivity contribution is 7.13.